The quantitative estimate of drug-likeness (QED) is 0.0153. The van der Waals surface area contributed by atoms with Gasteiger partial charge in [-0.05, 0) is 70.6 Å². The summed E-state index contributed by atoms with van der Waals surface area (Å²) in [6.45, 7) is 4.01. The van der Waals surface area contributed by atoms with E-state index < -0.39 is 32.5 Å². The molecule has 11 heteroatoms. The molecule has 1 unspecified atom stereocenters. The first-order valence-corrected chi connectivity index (χ1v) is 26.3. The van der Waals surface area contributed by atoms with Crippen molar-refractivity contribution in [1.29, 1.82) is 0 Å². The van der Waals surface area contributed by atoms with Crippen molar-refractivity contribution in [1.82, 2.24) is 0 Å². The van der Waals surface area contributed by atoms with Crippen LogP contribution in [0, 0.1) is 0 Å². The highest BCUT2D eigenvalue weighted by Gasteiger charge is 2.27. The summed E-state index contributed by atoms with van der Waals surface area (Å²) in [6, 6.07) is 0. The number of aliphatic hydroxyl groups is 1. The normalized spacial score (nSPS) is 14.6. The number of phosphoric acid groups is 1. The number of unbranched alkanes of at least 4 members (excludes halogenated alkanes) is 18. The molecular formula is C52H93NO9P+. The molecule has 364 valence electrons. The number of phosphoric ester groups is 1. The summed E-state index contributed by atoms with van der Waals surface area (Å²) in [6.07, 6.45) is 52.0. The molecule has 0 heterocycles. The topological polar surface area (TPSA) is 129 Å². The molecule has 0 aliphatic rings. The summed E-state index contributed by atoms with van der Waals surface area (Å²) in [5.74, 6) is -0.888. The van der Waals surface area contributed by atoms with Gasteiger partial charge in [-0.2, -0.15) is 0 Å². The molecule has 0 spiro atoms. The van der Waals surface area contributed by atoms with Crippen LogP contribution < -0.4 is 0 Å². The molecule has 0 rings (SSSR count). The minimum atomic E-state index is -4.41. The number of carbonyl (C=O) groups is 2. The van der Waals surface area contributed by atoms with Crippen molar-refractivity contribution < 1.29 is 47.2 Å². The van der Waals surface area contributed by atoms with Crippen molar-refractivity contribution in [3.05, 3.63) is 72.9 Å². The Morgan fingerprint density at radius 3 is 1.60 bits per heavy atom. The maximum Gasteiger partial charge on any atom is 0.472 e. The highest BCUT2D eigenvalue weighted by Crippen LogP contribution is 2.43. The van der Waals surface area contributed by atoms with E-state index in [0.717, 1.165) is 38.5 Å². The summed E-state index contributed by atoms with van der Waals surface area (Å²) in [4.78, 5) is 35.5. The monoisotopic (exact) mass is 907 g/mol. The van der Waals surface area contributed by atoms with Gasteiger partial charge < -0.3 is 24.0 Å². The summed E-state index contributed by atoms with van der Waals surface area (Å²) < 4.78 is 34.3. The van der Waals surface area contributed by atoms with Gasteiger partial charge in [0, 0.05) is 12.8 Å². The fourth-order valence-corrected chi connectivity index (χ4v) is 7.09. The molecule has 0 aromatic rings. The zero-order valence-corrected chi connectivity index (χ0v) is 41.5. The Morgan fingerprint density at radius 2 is 1.05 bits per heavy atom. The molecule has 0 saturated heterocycles. The Balaban J connectivity index is 4.36. The second kappa shape index (κ2) is 43.3. The van der Waals surface area contributed by atoms with E-state index >= 15 is 0 Å². The average Bonchev–Trinajstić information content (AvgIpc) is 3.24. The first-order chi connectivity index (χ1) is 30.4. The summed E-state index contributed by atoms with van der Waals surface area (Å²) >= 11 is 0. The lowest BCUT2D eigenvalue weighted by Crippen LogP contribution is -2.37. The Kier molecular flexibility index (Phi) is 41.5. The van der Waals surface area contributed by atoms with Crippen LogP contribution in [0.25, 0.3) is 0 Å². The van der Waals surface area contributed by atoms with Crippen LogP contribution in [-0.4, -0.2) is 86.1 Å². The molecule has 3 atom stereocenters. The maximum absolute atomic E-state index is 12.7. The van der Waals surface area contributed by atoms with E-state index in [1.54, 1.807) is 6.08 Å². The van der Waals surface area contributed by atoms with Gasteiger partial charge in [-0.3, -0.25) is 18.6 Å². The Morgan fingerprint density at radius 1 is 0.571 bits per heavy atom. The highest BCUT2D eigenvalue weighted by molar-refractivity contribution is 7.47. The van der Waals surface area contributed by atoms with E-state index in [2.05, 4.69) is 49.5 Å². The maximum atomic E-state index is 12.7. The second-order valence-corrected chi connectivity index (χ2v) is 19.1. The first-order valence-electron chi connectivity index (χ1n) is 24.8. The number of rotatable bonds is 44. The van der Waals surface area contributed by atoms with Crippen molar-refractivity contribution in [3.63, 3.8) is 0 Å². The zero-order valence-electron chi connectivity index (χ0n) is 40.6. The molecule has 0 amide bonds. The van der Waals surface area contributed by atoms with Crippen LogP contribution in [0.1, 0.15) is 187 Å². The van der Waals surface area contributed by atoms with E-state index in [1.807, 2.05) is 52.4 Å². The summed E-state index contributed by atoms with van der Waals surface area (Å²) in [7, 11) is 1.41. The van der Waals surface area contributed by atoms with E-state index in [4.69, 9.17) is 18.5 Å². The van der Waals surface area contributed by atoms with Gasteiger partial charge in [-0.15, -0.1) is 0 Å². The van der Waals surface area contributed by atoms with Gasteiger partial charge in [-0.25, -0.2) is 4.57 Å². The molecule has 0 aliphatic carbocycles. The lowest BCUT2D eigenvalue weighted by atomic mass is 10.0. The highest BCUT2D eigenvalue weighted by atomic mass is 31.2. The molecule has 0 radical (unpaired) electrons. The fourth-order valence-electron chi connectivity index (χ4n) is 6.35. The molecule has 10 nitrogen and oxygen atoms in total. The number of nitrogens with zero attached hydrogens (tertiary/aromatic N) is 1. The predicted molar refractivity (Wildman–Crippen MR) is 262 cm³/mol. The van der Waals surface area contributed by atoms with Crippen LogP contribution in [-0.2, 0) is 32.7 Å². The number of hydrogen-bond acceptors (Lipinski definition) is 8. The number of aliphatic hydroxyl groups excluding tert-OH is 1. The summed E-state index contributed by atoms with van der Waals surface area (Å²) in [5, 5.41) is 9.50. The number of ether oxygens (including phenoxy) is 2. The number of allylic oxidation sites excluding steroid dienone is 11. The number of hydrogen-bond donors (Lipinski definition) is 2. The fraction of sp³-hybridized carbons (Fsp3) is 0.731. The predicted octanol–water partition coefficient (Wildman–Crippen LogP) is 13.6. The molecule has 0 aromatic heterocycles. The Hall–Kier alpha value is -2.59. The van der Waals surface area contributed by atoms with Crippen molar-refractivity contribution in [2.24, 2.45) is 0 Å². The molecule has 0 aromatic carbocycles. The standard InChI is InChI=1S/C52H92NO9P/c1-6-8-9-10-11-12-13-14-15-16-17-18-19-20-21-25-28-31-34-37-40-43-51(55)59-47-50(48-61-63(57,58)60-46-45-53(3,4)5)62-52(56)44-41-38-35-32-29-26-23-22-24-27-30-33-36-39-42-49(54)7-2/h14-15,23-24,26-27,32-33,35-36,39,42,49-50,54H,6-13,16-22,25,28-31,34,37-38,40-41,43-48H2,1-5H3/p+1/b15-14-,26-23-,27-24-,35-32-,36-33-,42-39+/t49-,50-/m1/s1. The van der Waals surface area contributed by atoms with Crippen molar-refractivity contribution in [2.75, 3.05) is 47.5 Å². The largest absolute Gasteiger partial charge is 0.472 e. The van der Waals surface area contributed by atoms with Gasteiger partial charge in [0.25, 0.3) is 0 Å². The van der Waals surface area contributed by atoms with Gasteiger partial charge >= 0.3 is 19.8 Å². The third kappa shape index (κ3) is 47.2. The molecule has 0 bridgehead atoms. The van der Waals surface area contributed by atoms with Crippen LogP contribution in [0.15, 0.2) is 72.9 Å². The Bertz CT molecular complexity index is 1320. The minimum Gasteiger partial charge on any atom is -0.462 e. The zero-order chi connectivity index (χ0) is 46.5. The average molecular weight is 907 g/mol. The van der Waals surface area contributed by atoms with Crippen molar-refractivity contribution in [3.8, 4) is 0 Å². The van der Waals surface area contributed by atoms with Gasteiger partial charge in [0.1, 0.15) is 19.8 Å². The van der Waals surface area contributed by atoms with Crippen LogP contribution in [0.4, 0.5) is 0 Å². The minimum absolute atomic E-state index is 0.0115. The third-order valence-corrected chi connectivity index (χ3v) is 11.4. The molecule has 63 heavy (non-hydrogen) atoms. The SMILES string of the molecule is CCCCCCCC/C=C\CCCCCCCCCCCCCC(=O)OC[C@H](COP(=O)(O)OCC[N+](C)(C)C)OC(=O)CCC/C=C\C/C=C\C/C=C\C/C=C\C=C\[C@H](O)CC. The smallest absolute Gasteiger partial charge is 0.462 e. The van der Waals surface area contributed by atoms with Crippen molar-refractivity contribution in [2.45, 2.75) is 199 Å². The van der Waals surface area contributed by atoms with Gasteiger partial charge in [0.15, 0.2) is 6.10 Å². The molecular weight excluding hydrogens is 814 g/mol. The lowest BCUT2D eigenvalue weighted by Gasteiger charge is -2.24. The number of carbonyl (C=O) groups excluding carboxylic acids is 2. The van der Waals surface area contributed by atoms with E-state index in [1.165, 1.54) is 103 Å². The van der Waals surface area contributed by atoms with Crippen LogP contribution >= 0.6 is 7.82 Å². The first kappa shape index (κ1) is 60.4. The number of likely N-dealkylation sites (N-methyl/N-ethyl adjacent to an activating group) is 1. The van der Waals surface area contributed by atoms with E-state index in [9.17, 15) is 24.2 Å². The van der Waals surface area contributed by atoms with Gasteiger partial charge in [0.05, 0.1) is 33.9 Å². The number of esters is 2. The molecule has 0 fully saturated rings. The third-order valence-electron chi connectivity index (χ3n) is 10.4. The van der Waals surface area contributed by atoms with E-state index in [0.29, 0.717) is 30.3 Å². The number of quaternary nitrogens is 1. The van der Waals surface area contributed by atoms with Crippen LogP contribution in [0.2, 0.25) is 0 Å². The Labute approximate surface area is 385 Å². The van der Waals surface area contributed by atoms with Gasteiger partial charge in [0.2, 0.25) is 0 Å². The van der Waals surface area contributed by atoms with E-state index in [-0.39, 0.29) is 32.2 Å². The molecule has 2 N–H and O–H groups in total. The molecule has 0 aliphatic heterocycles. The van der Waals surface area contributed by atoms with Crippen LogP contribution in [0.5, 0.6) is 0 Å². The van der Waals surface area contributed by atoms with Crippen molar-refractivity contribution >= 4 is 19.8 Å². The summed E-state index contributed by atoms with van der Waals surface area (Å²) in [5.41, 5.74) is 0. The van der Waals surface area contributed by atoms with Gasteiger partial charge in [-0.1, -0.05) is 177 Å². The lowest BCUT2D eigenvalue weighted by molar-refractivity contribution is -0.870. The molecule has 0 saturated carbocycles. The second-order valence-electron chi connectivity index (χ2n) is 17.7. The van der Waals surface area contributed by atoms with Crippen LogP contribution in [0.3, 0.4) is 0 Å².